The number of fused-ring (bicyclic) bond motifs is 1. The third-order valence-electron chi connectivity index (χ3n) is 7.12. The van der Waals surface area contributed by atoms with Gasteiger partial charge in [-0.25, -0.2) is 0 Å². The number of aldehydes is 1. The monoisotopic (exact) mass is 447 g/mol. The molecule has 1 heterocycles. The van der Waals surface area contributed by atoms with Crippen molar-refractivity contribution in [3.8, 4) is 5.75 Å². The summed E-state index contributed by atoms with van der Waals surface area (Å²) in [5.74, 6) is 1.06. The molecule has 2 aromatic carbocycles. The van der Waals surface area contributed by atoms with Crippen LogP contribution in [0.3, 0.4) is 0 Å². The Balaban J connectivity index is 0.000000363. The second-order valence-corrected chi connectivity index (χ2v) is 8.92. The molecule has 3 atom stereocenters. The number of phenolic OH excluding ortho intramolecular Hbond substituents is 1. The molecular weight excluding hydrogens is 419 g/mol. The van der Waals surface area contributed by atoms with Crippen molar-refractivity contribution in [1.29, 1.82) is 0 Å². The van der Waals surface area contributed by atoms with E-state index in [0.717, 1.165) is 30.3 Å². The molecule has 0 spiro atoms. The summed E-state index contributed by atoms with van der Waals surface area (Å²) in [4.78, 5) is 8.70. The van der Waals surface area contributed by atoms with Gasteiger partial charge in [0.1, 0.15) is 5.75 Å². The number of alkyl halides is 3. The first-order chi connectivity index (χ1) is 15.2. The number of phenols is 1. The van der Waals surface area contributed by atoms with E-state index in [9.17, 15) is 18.3 Å². The van der Waals surface area contributed by atoms with Gasteiger partial charge in [-0.05, 0) is 73.5 Å². The zero-order chi connectivity index (χ0) is 22.9. The van der Waals surface area contributed by atoms with Crippen molar-refractivity contribution in [2.24, 2.45) is 5.92 Å². The minimum atomic E-state index is -4.64. The van der Waals surface area contributed by atoms with E-state index in [1.54, 1.807) is 0 Å². The van der Waals surface area contributed by atoms with Crippen LogP contribution >= 0.6 is 0 Å². The molecule has 172 valence electrons. The van der Waals surface area contributed by atoms with Gasteiger partial charge in [0.05, 0.1) is 17.1 Å². The first kappa shape index (κ1) is 22.5. The van der Waals surface area contributed by atoms with E-state index in [1.807, 2.05) is 24.3 Å². The largest absolute Gasteiger partial charge is 0.506 e. The fourth-order valence-electron chi connectivity index (χ4n) is 5.83. The summed E-state index contributed by atoms with van der Waals surface area (Å²) in [5, 5.41) is 17.9. The van der Waals surface area contributed by atoms with Crippen molar-refractivity contribution in [3.63, 3.8) is 0 Å². The number of rotatable bonds is 2. The molecule has 2 fully saturated rings. The molecule has 5 nitrogen and oxygen atoms in total. The van der Waals surface area contributed by atoms with Gasteiger partial charge in [0.2, 0.25) is 6.29 Å². The molecule has 2 aliphatic carbocycles. The van der Waals surface area contributed by atoms with E-state index in [1.165, 1.54) is 43.2 Å². The summed E-state index contributed by atoms with van der Waals surface area (Å²) < 4.78 is 31.2. The van der Waals surface area contributed by atoms with Crippen LogP contribution in [0, 0.1) is 5.92 Å². The minimum Gasteiger partial charge on any atom is -0.506 e. The maximum absolute atomic E-state index is 10.8. The molecule has 5 N–H and O–H groups in total. The van der Waals surface area contributed by atoms with Gasteiger partial charge in [0.25, 0.3) is 0 Å². The lowest BCUT2D eigenvalue weighted by Crippen LogP contribution is -2.59. The number of anilines is 3. The van der Waals surface area contributed by atoms with Gasteiger partial charge in [-0.3, -0.25) is 4.79 Å². The first-order valence-corrected chi connectivity index (χ1v) is 11.0. The molecule has 5 rings (SSSR count). The number of aromatic hydroxyl groups is 1. The number of nitrogens with one attached hydrogen (secondary N) is 2. The Labute approximate surface area is 185 Å². The highest BCUT2D eigenvalue weighted by Gasteiger charge is 2.51. The van der Waals surface area contributed by atoms with Crippen LogP contribution in [-0.2, 0) is 16.6 Å². The maximum Gasteiger partial charge on any atom is 0.446 e. The number of hydrogen-bond acceptors (Lipinski definition) is 5. The maximum atomic E-state index is 10.8. The molecule has 1 saturated carbocycles. The zero-order valence-corrected chi connectivity index (χ0v) is 17.7. The predicted molar refractivity (Wildman–Crippen MR) is 118 cm³/mol. The number of hydrogen-bond donors (Lipinski definition) is 4. The van der Waals surface area contributed by atoms with Crippen molar-refractivity contribution in [3.05, 3.63) is 47.5 Å². The summed E-state index contributed by atoms with van der Waals surface area (Å²) in [6.07, 6.45) is 1.79. The molecule has 2 aromatic rings. The third kappa shape index (κ3) is 4.28. The van der Waals surface area contributed by atoms with Crippen molar-refractivity contribution in [2.45, 2.75) is 56.2 Å². The van der Waals surface area contributed by atoms with E-state index in [-0.39, 0.29) is 5.41 Å². The van der Waals surface area contributed by atoms with Crippen molar-refractivity contribution in [1.82, 2.24) is 5.32 Å². The van der Waals surface area contributed by atoms with Crippen LogP contribution in [-0.4, -0.2) is 30.2 Å². The Morgan fingerprint density at radius 3 is 2.62 bits per heavy atom. The zero-order valence-electron chi connectivity index (χ0n) is 17.7. The van der Waals surface area contributed by atoms with Crippen LogP contribution < -0.4 is 16.4 Å². The number of carbonyl (C=O) groups excluding carboxylic acids is 1. The normalized spacial score (nSPS) is 26.1. The topological polar surface area (TPSA) is 87.4 Å². The van der Waals surface area contributed by atoms with Crippen molar-refractivity contribution >= 4 is 23.3 Å². The number of benzene rings is 2. The van der Waals surface area contributed by atoms with E-state index < -0.39 is 12.5 Å². The number of carbonyl (C=O) groups is 1. The van der Waals surface area contributed by atoms with Gasteiger partial charge in [0, 0.05) is 11.5 Å². The summed E-state index contributed by atoms with van der Waals surface area (Å²) in [6, 6.07) is 12.5. The summed E-state index contributed by atoms with van der Waals surface area (Å²) in [5.41, 5.74) is 11.4. The Morgan fingerprint density at radius 2 is 1.91 bits per heavy atom. The van der Waals surface area contributed by atoms with Gasteiger partial charge in [-0.1, -0.05) is 25.0 Å². The number of para-hydroxylation sites is 2. The highest BCUT2D eigenvalue weighted by molar-refractivity contribution is 5.76. The van der Waals surface area contributed by atoms with Crippen LogP contribution in [0.2, 0.25) is 0 Å². The number of piperidine rings is 1. The Bertz CT molecular complexity index is 991. The quantitative estimate of drug-likeness (QED) is 0.302. The second-order valence-electron chi connectivity index (χ2n) is 8.92. The number of nitrogen functional groups attached to an aromatic ring is 1. The van der Waals surface area contributed by atoms with E-state index >= 15 is 0 Å². The summed E-state index contributed by atoms with van der Waals surface area (Å²) >= 11 is 0. The van der Waals surface area contributed by atoms with Gasteiger partial charge in [-0.15, -0.1) is 0 Å². The number of nitrogens with two attached hydrogens (primary N) is 1. The minimum absolute atomic E-state index is 0.267. The smallest absolute Gasteiger partial charge is 0.446 e. The van der Waals surface area contributed by atoms with Gasteiger partial charge in [-0.2, -0.15) is 13.2 Å². The fraction of sp³-hybridized carbons (Fsp3) is 0.458. The molecule has 0 radical (unpaired) electrons. The average Bonchev–Trinajstić information content (AvgIpc) is 2.76. The number of halogens is 3. The van der Waals surface area contributed by atoms with E-state index in [0.29, 0.717) is 17.5 Å². The van der Waals surface area contributed by atoms with Gasteiger partial charge >= 0.3 is 6.18 Å². The summed E-state index contributed by atoms with van der Waals surface area (Å²) in [7, 11) is 0. The van der Waals surface area contributed by atoms with Crippen LogP contribution in [0.15, 0.2) is 36.4 Å². The molecule has 0 amide bonds. The highest BCUT2D eigenvalue weighted by atomic mass is 19.4. The molecule has 0 aromatic heterocycles. The van der Waals surface area contributed by atoms with Crippen molar-refractivity contribution in [2.75, 3.05) is 17.6 Å². The molecule has 1 saturated heterocycles. The van der Waals surface area contributed by atoms with E-state index in [4.69, 9.17) is 10.5 Å². The molecule has 8 heteroatoms. The van der Waals surface area contributed by atoms with Crippen LogP contribution in [0.1, 0.15) is 43.2 Å². The predicted octanol–water partition coefficient (Wildman–Crippen LogP) is 4.81. The fourth-order valence-corrected chi connectivity index (χ4v) is 5.83. The van der Waals surface area contributed by atoms with Crippen LogP contribution in [0.5, 0.6) is 5.75 Å². The lowest BCUT2D eigenvalue weighted by molar-refractivity contribution is -0.156. The molecule has 2 bridgehead atoms. The Morgan fingerprint density at radius 1 is 1.16 bits per heavy atom. The molecular formula is C24H28F3N3O2. The van der Waals surface area contributed by atoms with Crippen LogP contribution in [0.4, 0.5) is 30.2 Å². The Kier molecular flexibility index (Phi) is 6.07. The lowest BCUT2D eigenvalue weighted by Gasteiger charge is -2.56. The SMILES string of the molecule is Nc1ccccc1Nc1cc2c(cc1O)[C@]13CCCC[C@@H]1[C@H](C2)NCC3.O=CC(F)(F)F. The van der Waals surface area contributed by atoms with Crippen LogP contribution in [0.25, 0.3) is 0 Å². The lowest BCUT2D eigenvalue weighted by atomic mass is 9.53. The average molecular weight is 448 g/mol. The van der Waals surface area contributed by atoms with Crippen molar-refractivity contribution < 1.29 is 23.1 Å². The standard InChI is InChI=1S/C22H27N3O.C2HF3O/c23-17-6-1-2-7-18(17)25-20-12-14-11-19-15-5-3-4-8-22(15,9-10-24-19)16(14)13-21(20)26;3-2(4,5)1-6/h1-2,6-7,12-13,15,19,24-26H,3-5,8-11,23H2;1H/t15-,19+,22+;/m1./s1. The first-order valence-electron chi connectivity index (χ1n) is 11.0. The Hall–Kier alpha value is -2.74. The molecule has 0 unspecified atom stereocenters. The molecule has 3 aliphatic rings. The third-order valence-corrected chi connectivity index (χ3v) is 7.12. The van der Waals surface area contributed by atoms with E-state index in [2.05, 4.69) is 22.8 Å². The molecule has 32 heavy (non-hydrogen) atoms. The summed E-state index contributed by atoms with van der Waals surface area (Å²) in [6.45, 7) is 1.10. The van der Waals surface area contributed by atoms with Gasteiger partial charge < -0.3 is 21.5 Å². The molecule has 1 aliphatic heterocycles. The van der Waals surface area contributed by atoms with Gasteiger partial charge in [0.15, 0.2) is 0 Å². The highest BCUT2D eigenvalue weighted by Crippen LogP contribution is 2.55. The second kappa shape index (κ2) is 8.65.